The minimum absolute atomic E-state index is 0. The number of hydrogen-bond acceptors (Lipinski definition) is 4. The van der Waals surface area contributed by atoms with Crippen molar-refractivity contribution in [3.63, 3.8) is 0 Å². The Labute approximate surface area is 252 Å². The van der Waals surface area contributed by atoms with Gasteiger partial charge in [0.25, 0.3) is 0 Å². The maximum absolute atomic E-state index is 12.8. The fraction of sp³-hybridized carbons (Fsp3) is 0.424. The number of halogens is 1. The van der Waals surface area contributed by atoms with E-state index in [0.29, 0.717) is 24.1 Å². The highest BCUT2D eigenvalue weighted by molar-refractivity contribution is 5.75. The van der Waals surface area contributed by atoms with Crippen LogP contribution in [0.5, 0.6) is 11.5 Å². The van der Waals surface area contributed by atoms with Crippen molar-refractivity contribution in [1.82, 2.24) is 0 Å². The van der Waals surface area contributed by atoms with E-state index in [4.69, 9.17) is 14.2 Å². The highest BCUT2D eigenvalue weighted by Gasteiger charge is 2.33. The molecule has 1 unspecified atom stereocenters. The third kappa shape index (κ3) is 12.9. The number of benzene rings is 3. The summed E-state index contributed by atoms with van der Waals surface area (Å²) >= 11 is 0. The van der Waals surface area contributed by atoms with Crippen LogP contribution in [0.3, 0.4) is 0 Å². The molecule has 0 aliphatic heterocycles. The Morgan fingerprint density at radius 3 is 1.69 bits per heavy atom. The van der Waals surface area contributed by atoms with Gasteiger partial charge < -0.3 is 42.7 Å². The van der Waals surface area contributed by atoms with Crippen molar-refractivity contribution >= 4 is 5.97 Å². The fourth-order valence-corrected chi connectivity index (χ4v) is 4.25. The van der Waals surface area contributed by atoms with E-state index in [1.807, 2.05) is 60.7 Å². The van der Waals surface area contributed by atoms with Crippen LogP contribution in [-0.4, -0.2) is 50.9 Å². The summed E-state index contributed by atoms with van der Waals surface area (Å²) in [6.07, 6.45) is 7.16. The van der Waals surface area contributed by atoms with E-state index in [-0.39, 0.29) is 36.0 Å². The SMILES string of the molecule is C[N+](C)(C)C(Cc1ccccc1)C(=O)OCCCCCCCCOc1ccc(OCc2ccccc2)cc1.[I-]. The van der Waals surface area contributed by atoms with Crippen LogP contribution in [-0.2, 0) is 22.6 Å². The molecule has 212 valence electrons. The standard InChI is InChI=1S/C33H44NO4.HI/c1-34(2,3)32(26-28-16-10-8-11-17-28)33(35)37-25-15-7-5-4-6-14-24-36-30-20-22-31(23-21-30)38-27-29-18-12-9-13-19-29;/h8-13,16-23,32H,4-7,14-15,24-27H2,1-3H3;1H/q+1;/p-1. The first kappa shape index (κ1) is 32.6. The molecular weight excluding hydrogens is 601 g/mol. The lowest BCUT2D eigenvalue weighted by Crippen LogP contribution is -3.00. The number of rotatable bonds is 17. The van der Waals surface area contributed by atoms with Crippen LogP contribution in [0.15, 0.2) is 84.9 Å². The molecule has 3 rings (SSSR count). The lowest BCUT2D eigenvalue weighted by atomic mass is 10.0. The van der Waals surface area contributed by atoms with Crippen LogP contribution in [0.1, 0.15) is 49.7 Å². The van der Waals surface area contributed by atoms with E-state index in [2.05, 4.69) is 45.4 Å². The minimum atomic E-state index is -0.199. The molecule has 5 nitrogen and oxygen atoms in total. The quantitative estimate of drug-likeness (QED) is 0.0970. The Morgan fingerprint density at radius 2 is 1.13 bits per heavy atom. The van der Waals surface area contributed by atoms with Gasteiger partial charge in [-0.25, -0.2) is 4.79 Å². The van der Waals surface area contributed by atoms with Gasteiger partial charge in [0.15, 0.2) is 6.04 Å². The molecule has 0 spiro atoms. The fourth-order valence-electron chi connectivity index (χ4n) is 4.25. The molecule has 0 aromatic heterocycles. The molecule has 0 aliphatic rings. The zero-order chi connectivity index (χ0) is 27.1. The smallest absolute Gasteiger partial charge is 0.365 e. The molecule has 0 N–H and O–H groups in total. The predicted octanol–water partition coefficient (Wildman–Crippen LogP) is 3.85. The van der Waals surface area contributed by atoms with Crippen molar-refractivity contribution in [2.45, 2.75) is 57.6 Å². The van der Waals surface area contributed by atoms with Crippen molar-refractivity contribution in [2.24, 2.45) is 0 Å². The number of unbranched alkanes of at least 4 members (excludes halogenated alkanes) is 5. The van der Waals surface area contributed by atoms with Gasteiger partial charge in [0.05, 0.1) is 34.4 Å². The van der Waals surface area contributed by atoms with Crippen LogP contribution >= 0.6 is 0 Å². The molecule has 0 fully saturated rings. The highest BCUT2D eigenvalue weighted by atomic mass is 127. The summed E-state index contributed by atoms with van der Waals surface area (Å²) in [6.45, 7) is 1.78. The Kier molecular flexibility index (Phi) is 15.0. The molecule has 0 aliphatic carbocycles. The summed E-state index contributed by atoms with van der Waals surface area (Å²) in [7, 11) is 6.15. The van der Waals surface area contributed by atoms with Gasteiger partial charge in [0.1, 0.15) is 18.1 Å². The molecule has 0 bridgehead atoms. The van der Waals surface area contributed by atoms with E-state index in [1.54, 1.807) is 0 Å². The normalized spacial score (nSPS) is 11.8. The number of ether oxygens (including phenoxy) is 3. The maximum atomic E-state index is 12.8. The number of hydrogen-bond donors (Lipinski definition) is 0. The van der Waals surface area contributed by atoms with Crippen molar-refractivity contribution in [3.05, 3.63) is 96.1 Å². The zero-order valence-corrected chi connectivity index (χ0v) is 25.8. The van der Waals surface area contributed by atoms with Crippen molar-refractivity contribution < 1.29 is 47.5 Å². The first-order valence-corrected chi connectivity index (χ1v) is 13.8. The third-order valence-electron chi connectivity index (χ3n) is 6.60. The summed E-state index contributed by atoms with van der Waals surface area (Å²) in [5.41, 5.74) is 2.32. The molecule has 0 saturated heterocycles. The van der Waals surface area contributed by atoms with E-state index in [0.717, 1.165) is 61.3 Å². The zero-order valence-electron chi connectivity index (χ0n) is 23.7. The van der Waals surface area contributed by atoms with Gasteiger partial charge in [0.2, 0.25) is 0 Å². The number of likely N-dealkylation sites (N-methyl/N-ethyl adjacent to an activating group) is 1. The van der Waals surface area contributed by atoms with Crippen molar-refractivity contribution in [2.75, 3.05) is 34.4 Å². The molecule has 1 atom stereocenters. The summed E-state index contributed by atoms with van der Waals surface area (Å²) in [5.74, 6) is 1.61. The van der Waals surface area contributed by atoms with Crippen LogP contribution in [0, 0.1) is 0 Å². The van der Waals surface area contributed by atoms with Crippen LogP contribution in [0.2, 0.25) is 0 Å². The van der Waals surface area contributed by atoms with Crippen LogP contribution in [0.4, 0.5) is 0 Å². The molecule has 0 amide bonds. The van der Waals surface area contributed by atoms with Gasteiger partial charge in [-0.15, -0.1) is 0 Å². The highest BCUT2D eigenvalue weighted by Crippen LogP contribution is 2.19. The maximum Gasteiger partial charge on any atom is 0.365 e. The van der Waals surface area contributed by atoms with E-state index in [9.17, 15) is 4.79 Å². The van der Waals surface area contributed by atoms with Crippen LogP contribution in [0.25, 0.3) is 0 Å². The summed E-state index contributed by atoms with van der Waals surface area (Å²) in [4.78, 5) is 12.8. The molecule has 6 heteroatoms. The van der Waals surface area contributed by atoms with Gasteiger partial charge in [-0.3, -0.25) is 0 Å². The number of carbonyl (C=O) groups excluding carboxylic acids is 1. The first-order valence-electron chi connectivity index (χ1n) is 13.8. The molecule has 0 radical (unpaired) electrons. The Balaban J connectivity index is 0.00000533. The first-order chi connectivity index (χ1) is 18.4. The number of quaternary nitrogens is 1. The lowest BCUT2D eigenvalue weighted by molar-refractivity contribution is -0.887. The van der Waals surface area contributed by atoms with Crippen molar-refractivity contribution in [1.29, 1.82) is 0 Å². The van der Waals surface area contributed by atoms with Gasteiger partial charge in [-0.05, 0) is 48.2 Å². The predicted molar refractivity (Wildman–Crippen MR) is 153 cm³/mol. The number of nitrogens with zero attached hydrogens (tertiary/aromatic N) is 1. The largest absolute Gasteiger partial charge is 1.00 e. The van der Waals surface area contributed by atoms with E-state index >= 15 is 0 Å². The number of carbonyl (C=O) groups is 1. The van der Waals surface area contributed by atoms with Gasteiger partial charge in [-0.2, -0.15) is 0 Å². The Hall–Kier alpha value is -2.58. The molecular formula is C33H44INO4. The average molecular weight is 646 g/mol. The molecule has 39 heavy (non-hydrogen) atoms. The molecule has 0 saturated carbocycles. The second kappa shape index (κ2) is 17.9. The second-order valence-electron chi connectivity index (χ2n) is 10.7. The van der Waals surface area contributed by atoms with Crippen molar-refractivity contribution in [3.8, 4) is 11.5 Å². The van der Waals surface area contributed by atoms with E-state index in [1.165, 1.54) is 6.42 Å². The van der Waals surface area contributed by atoms with Crippen LogP contribution < -0.4 is 33.5 Å². The summed E-state index contributed by atoms with van der Waals surface area (Å²) < 4.78 is 17.9. The summed E-state index contributed by atoms with van der Waals surface area (Å²) in [5, 5.41) is 0. The monoisotopic (exact) mass is 645 g/mol. The molecule has 0 heterocycles. The van der Waals surface area contributed by atoms with Gasteiger partial charge in [0, 0.05) is 6.42 Å². The molecule has 3 aromatic rings. The lowest BCUT2D eigenvalue weighted by Gasteiger charge is -2.32. The number of esters is 1. The second-order valence-corrected chi connectivity index (χ2v) is 10.7. The Bertz CT molecular complexity index is 1050. The topological polar surface area (TPSA) is 44.8 Å². The van der Waals surface area contributed by atoms with E-state index < -0.39 is 0 Å². The van der Waals surface area contributed by atoms with Gasteiger partial charge >= 0.3 is 5.97 Å². The summed E-state index contributed by atoms with van der Waals surface area (Å²) in [6, 6.07) is 28.0. The third-order valence-corrected chi connectivity index (χ3v) is 6.60. The average Bonchev–Trinajstić information content (AvgIpc) is 2.92. The van der Waals surface area contributed by atoms with Gasteiger partial charge in [-0.1, -0.05) is 86.3 Å². The minimum Gasteiger partial charge on any atom is -1.00 e. The Morgan fingerprint density at radius 1 is 0.641 bits per heavy atom. The molecule has 3 aromatic carbocycles.